The van der Waals surface area contributed by atoms with Crippen molar-refractivity contribution in [3.63, 3.8) is 0 Å². The summed E-state index contributed by atoms with van der Waals surface area (Å²) in [6.45, 7) is 1.53. The molecule has 0 aliphatic carbocycles. The van der Waals surface area contributed by atoms with Crippen LogP contribution in [-0.4, -0.2) is 56.7 Å². The molecule has 8 heteroatoms. The highest BCUT2D eigenvalue weighted by atomic mass is 32.2. The lowest BCUT2D eigenvalue weighted by molar-refractivity contribution is -0.141. The van der Waals surface area contributed by atoms with E-state index >= 15 is 0 Å². The van der Waals surface area contributed by atoms with E-state index in [1.165, 1.54) is 7.11 Å². The number of unbranched alkanes of at least 4 members (excludes halogenated alkanes) is 1. The second kappa shape index (κ2) is 8.04. The molecule has 0 saturated carbocycles. The van der Waals surface area contributed by atoms with E-state index in [-0.39, 0.29) is 12.4 Å². The van der Waals surface area contributed by atoms with Crippen molar-refractivity contribution in [2.24, 2.45) is 0 Å². The molecule has 0 aromatic rings. The minimum absolute atomic E-state index is 0.0760. The number of carboxylic acid groups (broad SMARTS) is 1. The Labute approximate surface area is 106 Å². The van der Waals surface area contributed by atoms with E-state index in [9.17, 15) is 18.0 Å². The number of carbonyl (C=O) groups excluding carboxylic acids is 1. The Hall–Kier alpha value is -1.15. The minimum Gasteiger partial charge on any atom is -0.480 e. The van der Waals surface area contributed by atoms with Gasteiger partial charge in [-0.25, -0.2) is 13.2 Å². The SMILES string of the molecule is CCCCS(=O)(=O)C[C@@H](NC(=O)COC)C(=O)O. The fourth-order valence-corrected chi connectivity index (χ4v) is 2.87. The van der Waals surface area contributed by atoms with E-state index in [4.69, 9.17) is 5.11 Å². The molecular formula is C10H19NO6S. The van der Waals surface area contributed by atoms with Crippen LogP contribution in [0.25, 0.3) is 0 Å². The molecule has 0 unspecified atom stereocenters. The van der Waals surface area contributed by atoms with Crippen LogP contribution >= 0.6 is 0 Å². The van der Waals surface area contributed by atoms with Crippen molar-refractivity contribution >= 4 is 21.7 Å². The Bertz CT molecular complexity index is 378. The van der Waals surface area contributed by atoms with Gasteiger partial charge in [-0.05, 0) is 6.42 Å². The summed E-state index contributed by atoms with van der Waals surface area (Å²) in [6, 6.07) is -1.44. The van der Waals surface area contributed by atoms with Crippen molar-refractivity contribution in [2.75, 3.05) is 25.2 Å². The first kappa shape index (κ1) is 16.9. The molecule has 1 amide bonds. The second-order valence-corrected chi connectivity index (χ2v) is 6.09. The summed E-state index contributed by atoms with van der Waals surface area (Å²) in [4.78, 5) is 22.0. The van der Waals surface area contributed by atoms with Gasteiger partial charge in [0.15, 0.2) is 9.84 Å². The Kier molecular flexibility index (Phi) is 7.53. The molecule has 0 aromatic heterocycles. The fraction of sp³-hybridized carbons (Fsp3) is 0.800. The Morgan fingerprint density at radius 2 is 2.00 bits per heavy atom. The average molecular weight is 281 g/mol. The molecule has 0 aliphatic heterocycles. The van der Waals surface area contributed by atoms with Crippen molar-refractivity contribution in [3.8, 4) is 0 Å². The molecule has 0 saturated heterocycles. The maximum atomic E-state index is 11.6. The van der Waals surface area contributed by atoms with E-state index in [0.717, 1.165) is 0 Å². The number of hydrogen-bond acceptors (Lipinski definition) is 5. The monoisotopic (exact) mass is 281 g/mol. The summed E-state index contributed by atoms with van der Waals surface area (Å²) < 4.78 is 27.7. The molecule has 0 spiro atoms. The van der Waals surface area contributed by atoms with Crippen LogP contribution in [0.5, 0.6) is 0 Å². The molecule has 18 heavy (non-hydrogen) atoms. The van der Waals surface area contributed by atoms with E-state index in [2.05, 4.69) is 10.1 Å². The van der Waals surface area contributed by atoms with E-state index in [1.807, 2.05) is 6.92 Å². The summed E-state index contributed by atoms with van der Waals surface area (Å²) in [5, 5.41) is 11.0. The number of amides is 1. The lowest BCUT2D eigenvalue weighted by Crippen LogP contribution is -2.46. The van der Waals surface area contributed by atoms with Gasteiger partial charge in [0.1, 0.15) is 12.6 Å². The van der Waals surface area contributed by atoms with Gasteiger partial charge >= 0.3 is 5.97 Å². The number of sulfone groups is 1. The average Bonchev–Trinajstić information content (AvgIpc) is 2.25. The van der Waals surface area contributed by atoms with Gasteiger partial charge in [0.2, 0.25) is 5.91 Å². The van der Waals surface area contributed by atoms with Gasteiger partial charge in [0, 0.05) is 7.11 Å². The smallest absolute Gasteiger partial charge is 0.327 e. The molecular weight excluding hydrogens is 262 g/mol. The number of methoxy groups -OCH3 is 1. The third-order valence-corrected chi connectivity index (χ3v) is 3.89. The number of hydrogen-bond donors (Lipinski definition) is 2. The quantitative estimate of drug-likeness (QED) is 0.585. The predicted octanol–water partition coefficient (Wildman–Crippen LogP) is -0.583. The number of carboxylic acids is 1. The summed E-state index contributed by atoms with van der Waals surface area (Å²) in [5.41, 5.74) is 0. The van der Waals surface area contributed by atoms with Crippen LogP contribution in [0.2, 0.25) is 0 Å². The molecule has 0 bridgehead atoms. The molecule has 0 fully saturated rings. The number of nitrogens with one attached hydrogen (secondary N) is 1. The Morgan fingerprint density at radius 3 is 2.44 bits per heavy atom. The molecule has 7 nitrogen and oxygen atoms in total. The van der Waals surface area contributed by atoms with Crippen LogP contribution in [0.3, 0.4) is 0 Å². The first-order valence-corrected chi connectivity index (χ1v) is 7.36. The largest absolute Gasteiger partial charge is 0.480 e. The normalized spacial score (nSPS) is 13.0. The van der Waals surface area contributed by atoms with Crippen molar-refractivity contribution in [2.45, 2.75) is 25.8 Å². The van der Waals surface area contributed by atoms with E-state index in [0.29, 0.717) is 12.8 Å². The second-order valence-electron chi connectivity index (χ2n) is 3.86. The molecule has 0 aromatic carbocycles. The minimum atomic E-state index is -3.48. The molecule has 0 radical (unpaired) electrons. The summed E-state index contributed by atoms with van der Waals surface area (Å²) in [6.07, 6.45) is 1.17. The fourth-order valence-electron chi connectivity index (χ4n) is 1.24. The molecule has 2 N–H and O–H groups in total. The van der Waals surface area contributed by atoms with Crippen molar-refractivity contribution in [1.29, 1.82) is 0 Å². The third kappa shape index (κ3) is 7.23. The van der Waals surface area contributed by atoms with Crippen molar-refractivity contribution < 1.29 is 27.9 Å². The zero-order valence-corrected chi connectivity index (χ0v) is 11.3. The molecule has 106 valence electrons. The van der Waals surface area contributed by atoms with E-state index in [1.54, 1.807) is 0 Å². The predicted molar refractivity (Wildman–Crippen MR) is 65.0 cm³/mol. The van der Waals surface area contributed by atoms with Crippen molar-refractivity contribution in [3.05, 3.63) is 0 Å². The van der Waals surface area contributed by atoms with Crippen LogP contribution in [0.15, 0.2) is 0 Å². The van der Waals surface area contributed by atoms with Crippen LogP contribution in [0.4, 0.5) is 0 Å². The highest BCUT2D eigenvalue weighted by molar-refractivity contribution is 7.91. The number of aliphatic carboxylic acids is 1. The lowest BCUT2D eigenvalue weighted by atomic mass is 10.3. The third-order valence-electron chi connectivity index (χ3n) is 2.14. The molecule has 0 heterocycles. The van der Waals surface area contributed by atoms with Gasteiger partial charge in [-0.1, -0.05) is 13.3 Å². The highest BCUT2D eigenvalue weighted by Gasteiger charge is 2.26. The summed E-state index contributed by atoms with van der Waals surface area (Å²) in [5.74, 6) is -2.71. The van der Waals surface area contributed by atoms with Gasteiger partial charge < -0.3 is 15.2 Å². The molecule has 0 rings (SSSR count). The first-order chi connectivity index (χ1) is 8.32. The Balaban J connectivity index is 4.53. The van der Waals surface area contributed by atoms with Crippen LogP contribution in [0.1, 0.15) is 19.8 Å². The molecule has 0 aliphatic rings. The van der Waals surface area contributed by atoms with Gasteiger partial charge in [0.05, 0.1) is 11.5 Å². The molecule has 1 atom stereocenters. The maximum Gasteiger partial charge on any atom is 0.327 e. The van der Waals surface area contributed by atoms with Crippen LogP contribution in [-0.2, 0) is 24.2 Å². The zero-order valence-electron chi connectivity index (χ0n) is 10.5. The van der Waals surface area contributed by atoms with Gasteiger partial charge in [-0.2, -0.15) is 0 Å². The topological polar surface area (TPSA) is 110 Å². The van der Waals surface area contributed by atoms with Gasteiger partial charge in [-0.15, -0.1) is 0 Å². The summed E-state index contributed by atoms with van der Waals surface area (Å²) >= 11 is 0. The Morgan fingerprint density at radius 1 is 1.39 bits per heavy atom. The highest BCUT2D eigenvalue weighted by Crippen LogP contribution is 2.00. The zero-order chi connectivity index (χ0) is 14.2. The lowest BCUT2D eigenvalue weighted by Gasteiger charge is -2.14. The first-order valence-electron chi connectivity index (χ1n) is 5.54. The number of rotatable bonds is 9. The van der Waals surface area contributed by atoms with Crippen LogP contribution in [0, 0.1) is 0 Å². The standard InChI is InChI=1S/C10H19NO6S/c1-3-4-5-18(15,16)7-8(10(13)14)11-9(12)6-17-2/h8H,3-7H2,1-2H3,(H,11,12)(H,13,14)/t8-/m1/s1. The number of carbonyl (C=O) groups is 2. The number of ether oxygens (including phenoxy) is 1. The van der Waals surface area contributed by atoms with E-state index < -0.39 is 33.5 Å². The maximum absolute atomic E-state index is 11.6. The van der Waals surface area contributed by atoms with Crippen LogP contribution < -0.4 is 5.32 Å². The van der Waals surface area contributed by atoms with Gasteiger partial charge in [-0.3, -0.25) is 4.79 Å². The van der Waals surface area contributed by atoms with Crippen molar-refractivity contribution in [1.82, 2.24) is 5.32 Å². The van der Waals surface area contributed by atoms with Gasteiger partial charge in [0.25, 0.3) is 0 Å². The summed E-state index contributed by atoms with van der Waals surface area (Å²) in [7, 11) is -2.20.